The molecule has 18 heavy (non-hydrogen) atoms. The Hall–Kier alpha value is -1.37. The molecule has 0 radical (unpaired) electrons. The first-order chi connectivity index (χ1) is 8.47. The average molecular weight is 359 g/mol. The smallest absolute Gasteiger partial charge is 0.326 e. The lowest BCUT2D eigenvalue weighted by Crippen LogP contribution is -2.40. The number of halogens is 1. The predicted molar refractivity (Wildman–Crippen MR) is 77.6 cm³/mol. The van der Waals surface area contributed by atoms with Crippen LogP contribution in [0, 0.1) is 10.5 Å². The Morgan fingerprint density at radius 1 is 1.56 bits per heavy atom. The molecule has 1 aromatic carbocycles. The highest BCUT2D eigenvalue weighted by Gasteiger charge is 2.20. The van der Waals surface area contributed by atoms with Gasteiger partial charge in [-0.05, 0) is 47.6 Å². The van der Waals surface area contributed by atoms with E-state index in [1.165, 1.54) is 6.08 Å². The lowest BCUT2D eigenvalue weighted by molar-refractivity contribution is -0.139. The Bertz CT molecular complexity index is 485. The highest BCUT2D eigenvalue weighted by Crippen LogP contribution is 2.16. The largest absolute Gasteiger partial charge is 0.480 e. The van der Waals surface area contributed by atoms with Gasteiger partial charge in [0.15, 0.2) is 0 Å². The Balaban J connectivity index is 2.90. The molecule has 0 heterocycles. The summed E-state index contributed by atoms with van der Waals surface area (Å²) in [7, 11) is 0. The summed E-state index contributed by atoms with van der Waals surface area (Å²) in [6, 6.07) is 4.41. The van der Waals surface area contributed by atoms with E-state index in [0.717, 1.165) is 9.13 Å². The summed E-state index contributed by atoms with van der Waals surface area (Å²) in [5.74, 6) is -1.44. The number of carbonyl (C=O) groups is 2. The van der Waals surface area contributed by atoms with Gasteiger partial charge in [0.2, 0.25) is 0 Å². The summed E-state index contributed by atoms with van der Waals surface area (Å²) in [5.41, 5.74) is 1.48. The van der Waals surface area contributed by atoms with Crippen LogP contribution in [0.1, 0.15) is 22.3 Å². The van der Waals surface area contributed by atoms with E-state index < -0.39 is 12.0 Å². The molecule has 1 amide bonds. The van der Waals surface area contributed by atoms with Crippen LogP contribution < -0.4 is 5.32 Å². The normalized spacial score (nSPS) is 11.7. The molecule has 1 rings (SSSR count). The fourth-order valence-electron chi connectivity index (χ4n) is 1.45. The summed E-state index contributed by atoms with van der Waals surface area (Å²) in [5, 5.41) is 11.4. The number of rotatable bonds is 5. The number of carboxylic acid groups (broad SMARTS) is 1. The molecule has 1 atom stereocenters. The predicted octanol–water partition coefficient (Wildman–Crippen LogP) is 2.36. The van der Waals surface area contributed by atoms with Crippen LogP contribution in [0.4, 0.5) is 0 Å². The van der Waals surface area contributed by atoms with Gasteiger partial charge < -0.3 is 10.4 Å². The topological polar surface area (TPSA) is 66.4 Å². The second kappa shape index (κ2) is 6.53. The number of nitrogens with one attached hydrogen (secondary N) is 1. The van der Waals surface area contributed by atoms with Crippen LogP contribution in [-0.2, 0) is 4.79 Å². The van der Waals surface area contributed by atoms with Crippen LogP contribution in [0.15, 0.2) is 30.9 Å². The van der Waals surface area contributed by atoms with E-state index in [2.05, 4.69) is 34.5 Å². The zero-order chi connectivity index (χ0) is 13.7. The molecule has 0 aliphatic carbocycles. The van der Waals surface area contributed by atoms with E-state index in [9.17, 15) is 9.59 Å². The molecule has 0 aliphatic rings. The van der Waals surface area contributed by atoms with E-state index >= 15 is 0 Å². The highest BCUT2D eigenvalue weighted by molar-refractivity contribution is 14.1. The summed E-state index contributed by atoms with van der Waals surface area (Å²) in [6.07, 6.45) is 1.67. The maximum atomic E-state index is 12.0. The van der Waals surface area contributed by atoms with Gasteiger partial charge in [-0.3, -0.25) is 4.79 Å². The monoisotopic (exact) mass is 359 g/mol. The molecule has 0 bridgehead atoms. The fourth-order valence-corrected chi connectivity index (χ4v) is 2.05. The molecule has 0 spiro atoms. The number of hydrogen-bond donors (Lipinski definition) is 2. The van der Waals surface area contributed by atoms with Gasteiger partial charge in [0.1, 0.15) is 6.04 Å². The zero-order valence-corrected chi connectivity index (χ0v) is 12.1. The number of benzene rings is 1. The van der Waals surface area contributed by atoms with Gasteiger partial charge in [-0.25, -0.2) is 4.79 Å². The minimum atomic E-state index is -1.06. The van der Waals surface area contributed by atoms with Crippen molar-refractivity contribution in [2.75, 3.05) is 0 Å². The van der Waals surface area contributed by atoms with Gasteiger partial charge in [0, 0.05) is 3.57 Å². The van der Waals surface area contributed by atoms with E-state index in [1.54, 1.807) is 12.1 Å². The van der Waals surface area contributed by atoms with Crippen LogP contribution in [0.25, 0.3) is 0 Å². The van der Waals surface area contributed by atoms with Crippen LogP contribution in [0.2, 0.25) is 0 Å². The minimum Gasteiger partial charge on any atom is -0.480 e. The highest BCUT2D eigenvalue weighted by atomic mass is 127. The summed E-state index contributed by atoms with van der Waals surface area (Å²) in [6.45, 7) is 5.38. The second-order valence-corrected chi connectivity index (χ2v) is 4.90. The third kappa shape index (κ3) is 3.56. The molecule has 1 unspecified atom stereocenters. The van der Waals surface area contributed by atoms with Crippen molar-refractivity contribution in [3.63, 3.8) is 0 Å². The standard InChI is InChI=1S/C13H14INO3/c1-3-5-10(13(17)18)15-12(16)9-7-4-6-8(2)11(9)14/h3-4,6-7,10H,1,5H2,2H3,(H,15,16)(H,17,18). The van der Waals surface area contributed by atoms with Crippen LogP contribution >= 0.6 is 22.6 Å². The molecule has 2 N–H and O–H groups in total. The molecule has 4 nitrogen and oxygen atoms in total. The number of carbonyl (C=O) groups excluding carboxylic acids is 1. The van der Waals surface area contributed by atoms with Crippen molar-refractivity contribution in [2.24, 2.45) is 0 Å². The summed E-state index contributed by atoms with van der Waals surface area (Å²) >= 11 is 2.08. The Morgan fingerprint density at radius 2 is 2.22 bits per heavy atom. The second-order valence-electron chi connectivity index (χ2n) is 3.83. The van der Waals surface area contributed by atoms with Gasteiger partial charge in [-0.2, -0.15) is 0 Å². The Kier molecular flexibility index (Phi) is 5.33. The third-order valence-corrected chi connectivity index (χ3v) is 3.87. The maximum Gasteiger partial charge on any atom is 0.326 e. The Morgan fingerprint density at radius 3 is 2.78 bits per heavy atom. The number of carboxylic acids is 1. The van der Waals surface area contributed by atoms with Crippen molar-refractivity contribution in [3.8, 4) is 0 Å². The van der Waals surface area contributed by atoms with E-state index in [-0.39, 0.29) is 12.3 Å². The van der Waals surface area contributed by atoms with E-state index in [0.29, 0.717) is 5.56 Å². The number of aryl methyl sites for hydroxylation is 1. The third-order valence-electron chi connectivity index (χ3n) is 2.44. The van der Waals surface area contributed by atoms with E-state index in [4.69, 9.17) is 5.11 Å². The van der Waals surface area contributed by atoms with Gasteiger partial charge in [0.05, 0.1) is 5.56 Å². The van der Waals surface area contributed by atoms with Gasteiger partial charge >= 0.3 is 5.97 Å². The number of hydrogen-bond acceptors (Lipinski definition) is 2. The molecule has 0 saturated carbocycles. The molecule has 0 aromatic heterocycles. The van der Waals surface area contributed by atoms with Crippen molar-refractivity contribution in [3.05, 3.63) is 45.6 Å². The SMILES string of the molecule is C=CCC(NC(=O)c1cccc(C)c1I)C(=O)O. The van der Waals surface area contributed by atoms with Gasteiger partial charge in [-0.15, -0.1) is 6.58 Å². The Labute approximate surface area is 119 Å². The van der Waals surface area contributed by atoms with Crippen molar-refractivity contribution in [1.82, 2.24) is 5.32 Å². The van der Waals surface area contributed by atoms with E-state index in [1.807, 2.05) is 13.0 Å². The first-order valence-corrected chi connectivity index (χ1v) is 6.45. The van der Waals surface area contributed by atoms with Crippen LogP contribution in [0.3, 0.4) is 0 Å². The van der Waals surface area contributed by atoms with Crippen molar-refractivity contribution in [1.29, 1.82) is 0 Å². The lowest BCUT2D eigenvalue weighted by atomic mass is 10.1. The zero-order valence-electron chi connectivity index (χ0n) is 9.94. The molecule has 0 fully saturated rings. The van der Waals surface area contributed by atoms with Crippen molar-refractivity contribution < 1.29 is 14.7 Å². The lowest BCUT2D eigenvalue weighted by Gasteiger charge is -2.13. The molecule has 0 aliphatic heterocycles. The van der Waals surface area contributed by atoms with Gasteiger partial charge in [-0.1, -0.05) is 18.2 Å². The van der Waals surface area contributed by atoms with Crippen LogP contribution in [-0.4, -0.2) is 23.0 Å². The first kappa shape index (κ1) is 14.7. The molecule has 96 valence electrons. The maximum absolute atomic E-state index is 12.0. The number of amides is 1. The average Bonchev–Trinajstić information content (AvgIpc) is 2.31. The molecule has 0 saturated heterocycles. The molecule has 5 heteroatoms. The molecular formula is C13H14INO3. The summed E-state index contributed by atoms with van der Waals surface area (Å²) < 4.78 is 0.829. The minimum absolute atomic E-state index is 0.198. The summed E-state index contributed by atoms with van der Waals surface area (Å²) in [4.78, 5) is 22.9. The molecular weight excluding hydrogens is 345 g/mol. The quantitative estimate of drug-likeness (QED) is 0.627. The van der Waals surface area contributed by atoms with Crippen LogP contribution in [0.5, 0.6) is 0 Å². The van der Waals surface area contributed by atoms with Crippen molar-refractivity contribution >= 4 is 34.5 Å². The molecule has 1 aromatic rings. The fraction of sp³-hybridized carbons (Fsp3) is 0.231. The van der Waals surface area contributed by atoms with Gasteiger partial charge in [0.25, 0.3) is 5.91 Å². The first-order valence-electron chi connectivity index (χ1n) is 5.37. The van der Waals surface area contributed by atoms with Crippen molar-refractivity contribution in [2.45, 2.75) is 19.4 Å². The number of aliphatic carboxylic acids is 1.